The number of rotatable bonds is 1. The molecule has 0 aliphatic heterocycles. The quantitative estimate of drug-likeness (QED) is 0.314. The van der Waals surface area contributed by atoms with Gasteiger partial charge in [0, 0.05) is 21.5 Å². The highest BCUT2D eigenvalue weighted by molar-refractivity contribution is 14.1. The van der Waals surface area contributed by atoms with Gasteiger partial charge in [0.25, 0.3) is 0 Å². The standard InChI is InChI=1S/C21H12IN5/c22-27-18-8-4-2-6-14(18)16-10-9-15-13-5-1-3-7-17(13)26(19(15)20(16)27)21-24-11-23-12-25-21/h1-12H. The van der Waals surface area contributed by atoms with Crippen LogP contribution < -0.4 is 0 Å². The molecule has 0 saturated carbocycles. The zero-order valence-electron chi connectivity index (χ0n) is 14.0. The molecular weight excluding hydrogens is 449 g/mol. The molecule has 3 aromatic carbocycles. The summed E-state index contributed by atoms with van der Waals surface area (Å²) in [5.41, 5.74) is 4.58. The van der Waals surface area contributed by atoms with Gasteiger partial charge >= 0.3 is 0 Å². The highest BCUT2D eigenvalue weighted by Crippen LogP contribution is 2.40. The fourth-order valence-electron chi connectivity index (χ4n) is 4.01. The van der Waals surface area contributed by atoms with Crippen LogP contribution in [0.3, 0.4) is 0 Å². The number of hydrogen-bond donors (Lipinski definition) is 0. The van der Waals surface area contributed by atoms with Gasteiger partial charge in [0.05, 0.1) is 44.9 Å². The zero-order valence-corrected chi connectivity index (χ0v) is 16.2. The Labute approximate surface area is 167 Å². The van der Waals surface area contributed by atoms with Crippen molar-refractivity contribution in [3.8, 4) is 5.95 Å². The van der Waals surface area contributed by atoms with Crippen molar-refractivity contribution in [2.24, 2.45) is 0 Å². The maximum absolute atomic E-state index is 4.44. The Morgan fingerprint density at radius 3 is 1.96 bits per heavy atom. The lowest BCUT2D eigenvalue weighted by molar-refractivity contribution is 0.940. The van der Waals surface area contributed by atoms with E-state index in [1.807, 2.05) is 0 Å². The highest BCUT2D eigenvalue weighted by Gasteiger charge is 2.20. The summed E-state index contributed by atoms with van der Waals surface area (Å²) in [6.07, 6.45) is 3.09. The molecule has 0 atom stereocenters. The van der Waals surface area contributed by atoms with Crippen LogP contribution in [0.2, 0.25) is 0 Å². The SMILES string of the molecule is In1c2ccccc2c2ccc3c4ccccc4n(-c4ncncn4)c3c21. The third-order valence-corrected chi connectivity index (χ3v) is 6.09. The topological polar surface area (TPSA) is 48.5 Å². The third-order valence-electron chi connectivity index (χ3n) is 5.09. The van der Waals surface area contributed by atoms with Gasteiger partial charge in [-0.1, -0.05) is 48.5 Å². The highest BCUT2D eigenvalue weighted by atomic mass is 127. The average Bonchev–Trinajstić information content (AvgIpc) is 3.22. The maximum Gasteiger partial charge on any atom is 0.237 e. The van der Waals surface area contributed by atoms with E-state index >= 15 is 0 Å². The van der Waals surface area contributed by atoms with Gasteiger partial charge in [-0.2, -0.15) is 0 Å². The lowest BCUT2D eigenvalue weighted by Crippen LogP contribution is -2.01. The second kappa shape index (κ2) is 5.50. The Hall–Kier alpha value is -3.00. The molecule has 6 heteroatoms. The van der Waals surface area contributed by atoms with E-state index in [4.69, 9.17) is 0 Å². The van der Waals surface area contributed by atoms with E-state index in [2.05, 4.69) is 106 Å². The summed E-state index contributed by atoms with van der Waals surface area (Å²) < 4.78 is 4.38. The minimum Gasteiger partial charge on any atom is -0.280 e. The summed E-state index contributed by atoms with van der Waals surface area (Å²) in [4.78, 5) is 12.9. The van der Waals surface area contributed by atoms with Crippen LogP contribution in [0, 0.1) is 0 Å². The molecule has 0 spiro atoms. The maximum atomic E-state index is 4.44. The van der Waals surface area contributed by atoms with E-state index < -0.39 is 0 Å². The van der Waals surface area contributed by atoms with Crippen molar-refractivity contribution in [3.05, 3.63) is 73.3 Å². The molecule has 0 N–H and O–H groups in total. The largest absolute Gasteiger partial charge is 0.280 e. The number of aromatic nitrogens is 5. The Morgan fingerprint density at radius 1 is 0.630 bits per heavy atom. The van der Waals surface area contributed by atoms with Gasteiger partial charge in [-0.3, -0.25) is 7.35 Å². The average molecular weight is 461 g/mol. The molecular formula is C21H12IN5. The van der Waals surface area contributed by atoms with Crippen molar-refractivity contribution >= 4 is 66.5 Å². The Kier molecular flexibility index (Phi) is 3.07. The number of nitrogens with zero attached hydrogens (tertiary/aromatic N) is 5. The molecule has 128 valence electrons. The lowest BCUT2D eigenvalue weighted by atomic mass is 10.1. The van der Waals surface area contributed by atoms with Crippen molar-refractivity contribution in [2.45, 2.75) is 0 Å². The van der Waals surface area contributed by atoms with Crippen LogP contribution in [-0.4, -0.2) is 22.3 Å². The monoisotopic (exact) mass is 461 g/mol. The molecule has 5 nitrogen and oxygen atoms in total. The molecule has 0 unspecified atom stereocenters. The van der Waals surface area contributed by atoms with Gasteiger partial charge in [0.1, 0.15) is 12.7 Å². The number of para-hydroxylation sites is 2. The smallest absolute Gasteiger partial charge is 0.237 e. The first kappa shape index (κ1) is 15.1. The van der Waals surface area contributed by atoms with Gasteiger partial charge in [0.15, 0.2) is 0 Å². The van der Waals surface area contributed by atoms with Crippen molar-refractivity contribution in [3.63, 3.8) is 0 Å². The van der Waals surface area contributed by atoms with E-state index in [-0.39, 0.29) is 0 Å². The van der Waals surface area contributed by atoms with Crippen LogP contribution in [-0.2, 0) is 0 Å². The van der Waals surface area contributed by atoms with Gasteiger partial charge in [0.2, 0.25) is 5.95 Å². The molecule has 0 fully saturated rings. The molecule has 0 saturated heterocycles. The lowest BCUT2D eigenvalue weighted by Gasteiger charge is -2.06. The predicted octanol–water partition coefficient (Wildman–Crippen LogP) is 5.27. The Bertz CT molecular complexity index is 1480. The van der Waals surface area contributed by atoms with Crippen LogP contribution in [0.4, 0.5) is 0 Å². The molecule has 0 radical (unpaired) electrons. The van der Waals surface area contributed by atoms with E-state index in [1.165, 1.54) is 32.6 Å². The summed E-state index contributed by atoms with van der Waals surface area (Å²) in [6.45, 7) is 0. The van der Waals surface area contributed by atoms with Crippen LogP contribution in [0.1, 0.15) is 0 Å². The first-order chi connectivity index (χ1) is 13.3. The van der Waals surface area contributed by atoms with E-state index in [0.717, 1.165) is 11.0 Å². The van der Waals surface area contributed by atoms with Crippen molar-refractivity contribution in [2.75, 3.05) is 0 Å². The molecule has 6 rings (SSSR count). The first-order valence-electron chi connectivity index (χ1n) is 8.58. The Morgan fingerprint density at radius 2 is 1.22 bits per heavy atom. The summed E-state index contributed by atoms with van der Waals surface area (Å²) >= 11 is 2.39. The van der Waals surface area contributed by atoms with Gasteiger partial charge in [-0.25, -0.2) is 15.0 Å². The minimum absolute atomic E-state index is 0.630. The second-order valence-corrected chi connectivity index (χ2v) is 7.41. The summed E-state index contributed by atoms with van der Waals surface area (Å²) in [5.74, 6) is 0.630. The fraction of sp³-hybridized carbons (Fsp3) is 0. The van der Waals surface area contributed by atoms with Crippen molar-refractivity contribution in [1.82, 2.24) is 22.3 Å². The number of halogens is 1. The second-order valence-electron chi connectivity index (χ2n) is 6.45. The van der Waals surface area contributed by atoms with Crippen LogP contribution in [0.5, 0.6) is 0 Å². The minimum atomic E-state index is 0.630. The Balaban J connectivity index is 1.96. The van der Waals surface area contributed by atoms with Gasteiger partial charge in [-0.15, -0.1) is 0 Å². The molecule has 0 aliphatic carbocycles. The molecule has 27 heavy (non-hydrogen) atoms. The molecule has 6 aromatic rings. The van der Waals surface area contributed by atoms with Crippen molar-refractivity contribution in [1.29, 1.82) is 0 Å². The van der Waals surface area contributed by atoms with Crippen LogP contribution in [0.25, 0.3) is 49.6 Å². The van der Waals surface area contributed by atoms with Gasteiger partial charge in [-0.05, 0) is 12.1 Å². The predicted molar refractivity (Wildman–Crippen MR) is 117 cm³/mol. The summed E-state index contributed by atoms with van der Waals surface area (Å²) in [7, 11) is 0. The first-order valence-corrected chi connectivity index (χ1v) is 9.55. The molecule has 0 aliphatic rings. The van der Waals surface area contributed by atoms with Gasteiger partial charge < -0.3 is 0 Å². The van der Waals surface area contributed by atoms with Crippen LogP contribution in [0.15, 0.2) is 73.3 Å². The number of hydrogen-bond acceptors (Lipinski definition) is 3. The van der Waals surface area contributed by atoms with E-state index in [9.17, 15) is 0 Å². The van der Waals surface area contributed by atoms with Crippen LogP contribution >= 0.6 is 22.9 Å². The summed E-state index contributed by atoms with van der Waals surface area (Å²) in [6, 6.07) is 21.3. The molecule has 0 amide bonds. The third kappa shape index (κ3) is 1.96. The molecule has 3 heterocycles. The van der Waals surface area contributed by atoms with E-state index in [1.54, 1.807) is 12.7 Å². The zero-order chi connectivity index (χ0) is 18.0. The number of benzene rings is 3. The number of fused-ring (bicyclic) bond motifs is 7. The normalized spacial score (nSPS) is 11.9. The summed E-state index contributed by atoms with van der Waals surface area (Å²) in [5, 5.41) is 4.86. The molecule has 0 bridgehead atoms. The van der Waals surface area contributed by atoms with E-state index in [0.29, 0.717) is 5.95 Å². The molecule has 3 aromatic heterocycles. The fourth-order valence-corrected chi connectivity index (χ4v) is 4.91. The van der Waals surface area contributed by atoms with Crippen molar-refractivity contribution < 1.29 is 0 Å².